The van der Waals surface area contributed by atoms with E-state index in [0.717, 1.165) is 5.56 Å². The van der Waals surface area contributed by atoms with Crippen LogP contribution in [0.3, 0.4) is 0 Å². The van der Waals surface area contributed by atoms with E-state index in [1.807, 2.05) is 24.5 Å². The van der Waals surface area contributed by atoms with E-state index >= 15 is 0 Å². The monoisotopic (exact) mass is 318 g/mol. The van der Waals surface area contributed by atoms with E-state index in [-0.39, 0.29) is 5.91 Å². The third kappa shape index (κ3) is 3.51. The third-order valence-corrected chi connectivity index (χ3v) is 3.85. The molecule has 0 radical (unpaired) electrons. The molecule has 2 aromatic rings. The number of aromatic nitrogens is 1. The van der Waals surface area contributed by atoms with Gasteiger partial charge in [-0.2, -0.15) is 0 Å². The van der Waals surface area contributed by atoms with Gasteiger partial charge in [0.1, 0.15) is 5.03 Å². The lowest BCUT2D eigenvalue weighted by Gasteiger charge is -2.13. The second-order valence-corrected chi connectivity index (χ2v) is 5.19. The summed E-state index contributed by atoms with van der Waals surface area (Å²) in [5, 5.41) is 3.59. The van der Waals surface area contributed by atoms with Crippen molar-refractivity contribution in [2.45, 2.75) is 11.6 Å². The molecule has 1 aromatic carbocycles. The highest BCUT2D eigenvalue weighted by molar-refractivity contribution is 7.98. The highest BCUT2D eigenvalue weighted by Crippen LogP contribution is 2.30. The Morgan fingerprint density at radius 1 is 1.23 bits per heavy atom. The number of hydrogen-bond donors (Lipinski definition) is 1. The normalized spacial score (nSPS) is 10.1. The Morgan fingerprint density at radius 2 is 2.05 bits per heavy atom. The molecule has 0 bridgehead atoms. The Balaban J connectivity index is 2.15. The number of ether oxygens (including phenoxy) is 2. The van der Waals surface area contributed by atoms with Crippen LogP contribution in [0.15, 0.2) is 41.6 Å². The molecule has 1 amide bonds. The molecule has 0 fully saturated rings. The van der Waals surface area contributed by atoms with Crippen LogP contribution in [-0.2, 0) is 6.54 Å². The fourth-order valence-electron chi connectivity index (χ4n) is 2.09. The number of thioether (sulfide) groups is 1. The summed E-state index contributed by atoms with van der Waals surface area (Å²) in [4.78, 5) is 16.5. The van der Waals surface area contributed by atoms with Crippen LogP contribution in [0.25, 0.3) is 0 Å². The predicted octanol–water partition coefficient (Wildman–Crippen LogP) is 2.75. The Kier molecular flexibility index (Phi) is 5.66. The molecule has 1 heterocycles. The van der Waals surface area contributed by atoms with E-state index in [2.05, 4.69) is 10.3 Å². The number of benzene rings is 1. The second-order valence-electron chi connectivity index (χ2n) is 4.40. The highest BCUT2D eigenvalue weighted by atomic mass is 32.2. The van der Waals surface area contributed by atoms with Crippen LogP contribution in [0.4, 0.5) is 0 Å². The first-order valence-electron chi connectivity index (χ1n) is 6.68. The van der Waals surface area contributed by atoms with Gasteiger partial charge in [-0.1, -0.05) is 12.1 Å². The average Bonchev–Trinajstić information content (AvgIpc) is 2.58. The SMILES string of the molecule is COc1cccc(CNC(=O)c2cccnc2SC)c1OC. The number of carbonyl (C=O) groups excluding carboxylic acids is 1. The van der Waals surface area contributed by atoms with Gasteiger partial charge < -0.3 is 14.8 Å². The molecule has 0 atom stereocenters. The van der Waals surface area contributed by atoms with Crippen LogP contribution >= 0.6 is 11.8 Å². The largest absolute Gasteiger partial charge is 0.493 e. The lowest BCUT2D eigenvalue weighted by Crippen LogP contribution is -2.24. The van der Waals surface area contributed by atoms with Crippen LogP contribution in [0.5, 0.6) is 11.5 Å². The highest BCUT2D eigenvalue weighted by Gasteiger charge is 2.14. The van der Waals surface area contributed by atoms with Crippen LogP contribution in [0, 0.1) is 0 Å². The maximum absolute atomic E-state index is 12.3. The predicted molar refractivity (Wildman–Crippen MR) is 86.7 cm³/mol. The Bertz CT molecular complexity index is 662. The minimum atomic E-state index is -0.165. The second kappa shape index (κ2) is 7.70. The van der Waals surface area contributed by atoms with E-state index in [0.29, 0.717) is 28.6 Å². The summed E-state index contributed by atoms with van der Waals surface area (Å²) in [5.41, 5.74) is 1.42. The molecule has 0 saturated heterocycles. The third-order valence-electron chi connectivity index (χ3n) is 3.13. The minimum Gasteiger partial charge on any atom is -0.493 e. The molecule has 116 valence electrons. The maximum Gasteiger partial charge on any atom is 0.254 e. The molecule has 2 rings (SSSR count). The van der Waals surface area contributed by atoms with Crippen molar-refractivity contribution in [2.24, 2.45) is 0 Å². The van der Waals surface area contributed by atoms with Crippen molar-refractivity contribution in [3.05, 3.63) is 47.7 Å². The Morgan fingerprint density at radius 3 is 2.73 bits per heavy atom. The molecule has 0 aliphatic carbocycles. The average molecular weight is 318 g/mol. The number of methoxy groups -OCH3 is 2. The molecule has 0 spiro atoms. The van der Waals surface area contributed by atoms with Crippen molar-refractivity contribution in [3.8, 4) is 11.5 Å². The smallest absolute Gasteiger partial charge is 0.254 e. The molecule has 0 unspecified atom stereocenters. The lowest BCUT2D eigenvalue weighted by atomic mass is 10.1. The van der Waals surface area contributed by atoms with Gasteiger partial charge in [0.25, 0.3) is 5.91 Å². The molecule has 1 N–H and O–H groups in total. The van der Waals surface area contributed by atoms with Gasteiger partial charge in [0, 0.05) is 18.3 Å². The van der Waals surface area contributed by atoms with Gasteiger partial charge in [0.2, 0.25) is 0 Å². The molecule has 0 aliphatic heterocycles. The van der Waals surface area contributed by atoms with Crippen molar-refractivity contribution < 1.29 is 14.3 Å². The number of nitrogens with one attached hydrogen (secondary N) is 1. The summed E-state index contributed by atoms with van der Waals surface area (Å²) in [7, 11) is 3.16. The minimum absolute atomic E-state index is 0.165. The fourth-order valence-corrected chi connectivity index (χ4v) is 2.64. The van der Waals surface area contributed by atoms with Gasteiger partial charge in [-0.3, -0.25) is 4.79 Å². The molecule has 5 nitrogen and oxygen atoms in total. The molecule has 22 heavy (non-hydrogen) atoms. The zero-order valence-electron chi connectivity index (χ0n) is 12.8. The zero-order chi connectivity index (χ0) is 15.9. The quantitative estimate of drug-likeness (QED) is 0.830. The number of nitrogens with zero attached hydrogens (tertiary/aromatic N) is 1. The number of para-hydroxylation sites is 1. The Labute approximate surface area is 134 Å². The molecular formula is C16H18N2O3S. The Hall–Kier alpha value is -2.21. The van der Waals surface area contributed by atoms with Gasteiger partial charge in [-0.25, -0.2) is 4.98 Å². The molecule has 1 aromatic heterocycles. The summed E-state index contributed by atoms with van der Waals surface area (Å²) in [6.45, 7) is 0.349. The van der Waals surface area contributed by atoms with Crippen molar-refractivity contribution in [2.75, 3.05) is 20.5 Å². The summed E-state index contributed by atoms with van der Waals surface area (Å²) in [6.07, 6.45) is 3.57. The lowest BCUT2D eigenvalue weighted by molar-refractivity contribution is 0.0947. The van der Waals surface area contributed by atoms with Crippen molar-refractivity contribution in [3.63, 3.8) is 0 Å². The van der Waals surface area contributed by atoms with Gasteiger partial charge in [-0.15, -0.1) is 11.8 Å². The van der Waals surface area contributed by atoms with Gasteiger partial charge >= 0.3 is 0 Å². The van der Waals surface area contributed by atoms with Crippen molar-refractivity contribution in [1.82, 2.24) is 10.3 Å². The maximum atomic E-state index is 12.3. The number of amides is 1. The molecule has 6 heteroatoms. The van der Waals surface area contributed by atoms with Crippen molar-refractivity contribution >= 4 is 17.7 Å². The van der Waals surface area contributed by atoms with Gasteiger partial charge in [0.05, 0.1) is 19.8 Å². The van der Waals surface area contributed by atoms with E-state index in [4.69, 9.17) is 9.47 Å². The van der Waals surface area contributed by atoms with Gasteiger partial charge in [-0.05, 0) is 24.5 Å². The van der Waals surface area contributed by atoms with E-state index < -0.39 is 0 Å². The first-order valence-corrected chi connectivity index (χ1v) is 7.90. The topological polar surface area (TPSA) is 60.5 Å². The molecular weight excluding hydrogens is 300 g/mol. The number of hydrogen-bond acceptors (Lipinski definition) is 5. The summed E-state index contributed by atoms with van der Waals surface area (Å²) < 4.78 is 10.6. The first-order chi connectivity index (χ1) is 10.7. The zero-order valence-corrected chi connectivity index (χ0v) is 13.6. The van der Waals surface area contributed by atoms with Crippen molar-refractivity contribution in [1.29, 1.82) is 0 Å². The van der Waals surface area contributed by atoms with Crippen LogP contribution in [0.1, 0.15) is 15.9 Å². The number of pyridine rings is 1. The summed E-state index contributed by atoms with van der Waals surface area (Å²) in [6, 6.07) is 9.08. The van der Waals surface area contributed by atoms with Gasteiger partial charge in [0.15, 0.2) is 11.5 Å². The van der Waals surface area contributed by atoms with Crippen LogP contribution in [0.2, 0.25) is 0 Å². The van der Waals surface area contributed by atoms with Crippen LogP contribution in [-0.4, -0.2) is 31.4 Å². The summed E-state index contributed by atoms with van der Waals surface area (Å²) in [5.74, 6) is 1.10. The van der Waals surface area contributed by atoms with Crippen LogP contribution < -0.4 is 14.8 Å². The van der Waals surface area contributed by atoms with E-state index in [9.17, 15) is 4.79 Å². The first kappa shape index (κ1) is 16.2. The van der Waals surface area contributed by atoms with E-state index in [1.54, 1.807) is 32.5 Å². The number of rotatable bonds is 6. The molecule has 0 saturated carbocycles. The standard InChI is InChI=1S/C16H18N2O3S/c1-20-13-8-4-6-11(14(13)21-2)10-18-15(19)12-7-5-9-17-16(12)22-3/h4-9H,10H2,1-3H3,(H,18,19). The summed E-state index contributed by atoms with van der Waals surface area (Å²) >= 11 is 1.44. The fraction of sp³-hybridized carbons (Fsp3) is 0.250. The molecule has 0 aliphatic rings. The van der Waals surface area contributed by atoms with E-state index in [1.165, 1.54) is 11.8 Å². The number of carbonyl (C=O) groups is 1.